The van der Waals surface area contributed by atoms with Crippen LogP contribution >= 0.6 is 0 Å². The molecule has 3 rings (SSSR count). The molecule has 1 aromatic rings. The maximum absolute atomic E-state index is 12.7. The molecule has 2 fully saturated rings. The SMILES string of the molecule is COC[C@H]1CCCN1[C@@H]1[C@H](O)[C@H](CO)O[C@@H]1CNS(=O)(=O)c1ccc(OC)cc1. The Morgan fingerprint density at radius 3 is 2.59 bits per heavy atom. The van der Waals surface area contributed by atoms with Crippen LogP contribution in [0.2, 0.25) is 0 Å². The minimum atomic E-state index is -3.76. The van der Waals surface area contributed by atoms with E-state index in [9.17, 15) is 18.6 Å². The first-order chi connectivity index (χ1) is 13.9. The van der Waals surface area contributed by atoms with Gasteiger partial charge in [0, 0.05) is 19.7 Å². The summed E-state index contributed by atoms with van der Waals surface area (Å²) in [6.07, 6.45) is -0.351. The summed E-state index contributed by atoms with van der Waals surface area (Å²) in [5.74, 6) is 0.565. The molecule has 1 aromatic carbocycles. The van der Waals surface area contributed by atoms with Crippen molar-refractivity contribution < 1.29 is 32.8 Å². The topological polar surface area (TPSA) is 118 Å². The highest BCUT2D eigenvalue weighted by Gasteiger charge is 2.49. The molecule has 9 nitrogen and oxygen atoms in total. The van der Waals surface area contributed by atoms with Crippen LogP contribution in [0.15, 0.2) is 29.2 Å². The maximum atomic E-state index is 12.7. The zero-order valence-corrected chi connectivity index (χ0v) is 17.5. The van der Waals surface area contributed by atoms with Gasteiger partial charge in [0.2, 0.25) is 10.0 Å². The highest BCUT2D eigenvalue weighted by atomic mass is 32.2. The smallest absolute Gasteiger partial charge is 0.240 e. The number of ether oxygens (including phenoxy) is 3. The first-order valence-corrected chi connectivity index (χ1v) is 11.2. The van der Waals surface area contributed by atoms with E-state index in [1.165, 1.54) is 19.2 Å². The number of benzene rings is 1. The molecular weight excluding hydrogens is 400 g/mol. The van der Waals surface area contributed by atoms with Crippen molar-refractivity contribution in [2.45, 2.75) is 48.1 Å². The number of sulfonamides is 1. The lowest BCUT2D eigenvalue weighted by Crippen LogP contribution is -2.53. The van der Waals surface area contributed by atoms with Gasteiger partial charge < -0.3 is 24.4 Å². The molecule has 164 valence electrons. The third kappa shape index (κ3) is 4.91. The number of nitrogens with zero attached hydrogens (tertiary/aromatic N) is 1. The number of hydrogen-bond acceptors (Lipinski definition) is 8. The maximum Gasteiger partial charge on any atom is 0.240 e. The first-order valence-electron chi connectivity index (χ1n) is 9.74. The predicted molar refractivity (Wildman–Crippen MR) is 105 cm³/mol. The van der Waals surface area contributed by atoms with Crippen molar-refractivity contribution in [2.75, 3.05) is 40.5 Å². The summed E-state index contributed by atoms with van der Waals surface area (Å²) in [6.45, 7) is 0.946. The molecule has 0 amide bonds. The van der Waals surface area contributed by atoms with Gasteiger partial charge in [0.05, 0.1) is 37.4 Å². The van der Waals surface area contributed by atoms with Crippen LogP contribution in [0, 0.1) is 0 Å². The summed E-state index contributed by atoms with van der Waals surface area (Å²) < 4.78 is 44.1. The molecule has 0 spiro atoms. The fourth-order valence-corrected chi connectivity index (χ4v) is 5.25. The number of methoxy groups -OCH3 is 2. The van der Waals surface area contributed by atoms with Crippen LogP contribution in [0.4, 0.5) is 0 Å². The second-order valence-corrected chi connectivity index (χ2v) is 9.16. The molecular formula is C19H30N2O7S. The molecule has 3 N–H and O–H groups in total. The van der Waals surface area contributed by atoms with E-state index in [-0.39, 0.29) is 24.1 Å². The van der Waals surface area contributed by atoms with Crippen LogP contribution in [0.1, 0.15) is 12.8 Å². The van der Waals surface area contributed by atoms with Crippen LogP contribution in [0.5, 0.6) is 5.75 Å². The summed E-state index contributed by atoms with van der Waals surface area (Å²) in [4.78, 5) is 2.24. The third-order valence-electron chi connectivity index (χ3n) is 5.65. The molecule has 2 aliphatic rings. The van der Waals surface area contributed by atoms with Crippen LogP contribution in [-0.4, -0.2) is 94.4 Å². The van der Waals surface area contributed by atoms with E-state index in [1.54, 1.807) is 19.2 Å². The fourth-order valence-electron chi connectivity index (χ4n) is 4.21. The minimum absolute atomic E-state index is 0.0111. The summed E-state index contributed by atoms with van der Waals surface area (Å²) in [5.41, 5.74) is 0. The van der Waals surface area contributed by atoms with E-state index in [0.717, 1.165) is 19.4 Å². The Morgan fingerprint density at radius 2 is 1.97 bits per heavy atom. The largest absolute Gasteiger partial charge is 0.497 e. The van der Waals surface area contributed by atoms with Crippen LogP contribution in [0.25, 0.3) is 0 Å². The average Bonchev–Trinajstić information content (AvgIpc) is 3.30. The van der Waals surface area contributed by atoms with Gasteiger partial charge in [-0.3, -0.25) is 4.90 Å². The van der Waals surface area contributed by atoms with Gasteiger partial charge in [-0.15, -0.1) is 0 Å². The van der Waals surface area contributed by atoms with E-state index in [2.05, 4.69) is 9.62 Å². The van der Waals surface area contributed by atoms with Crippen molar-refractivity contribution >= 4 is 10.0 Å². The molecule has 2 heterocycles. The monoisotopic (exact) mass is 430 g/mol. The van der Waals surface area contributed by atoms with Gasteiger partial charge in [0.25, 0.3) is 0 Å². The Hall–Kier alpha value is -1.27. The van der Waals surface area contributed by atoms with Crippen molar-refractivity contribution in [3.8, 4) is 5.75 Å². The van der Waals surface area contributed by atoms with Gasteiger partial charge >= 0.3 is 0 Å². The highest BCUT2D eigenvalue weighted by Crippen LogP contribution is 2.31. The third-order valence-corrected chi connectivity index (χ3v) is 7.09. The number of aliphatic hydroxyl groups excluding tert-OH is 2. The summed E-state index contributed by atoms with van der Waals surface area (Å²) in [7, 11) is -0.613. The zero-order chi connectivity index (χ0) is 21.0. The second-order valence-electron chi connectivity index (χ2n) is 7.39. The number of likely N-dealkylation sites (tertiary alicyclic amines) is 1. The molecule has 5 atom stereocenters. The lowest BCUT2D eigenvalue weighted by atomic mass is 10.0. The van der Waals surface area contributed by atoms with E-state index in [0.29, 0.717) is 12.4 Å². The summed E-state index contributed by atoms with van der Waals surface area (Å²) in [5, 5.41) is 20.3. The Labute approximate surface area is 171 Å². The number of aliphatic hydroxyl groups is 2. The van der Waals surface area contributed by atoms with Crippen LogP contribution in [-0.2, 0) is 19.5 Å². The lowest BCUT2D eigenvalue weighted by Gasteiger charge is -2.34. The Kier molecular flexibility index (Phi) is 7.49. The fraction of sp³-hybridized carbons (Fsp3) is 0.684. The highest BCUT2D eigenvalue weighted by molar-refractivity contribution is 7.89. The van der Waals surface area contributed by atoms with Gasteiger partial charge in [-0.25, -0.2) is 13.1 Å². The quantitative estimate of drug-likeness (QED) is 0.483. The molecule has 2 saturated heterocycles. The lowest BCUT2D eigenvalue weighted by molar-refractivity contribution is -0.0201. The van der Waals surface area contributed by atoms with Crippen LogP contribution in [0.3, 0.4) is 0 Å². The van der Waals surface area contributed by atoms with E-state index in [1.807, 2.05) is 0 Å². The molecule has 0 aromatic heterocycles. The minimum Gasteiger partial charge on any atom is -0.497 e. The number of nitrogens with one attached hydrogen (secondary N) is 1. The van der Waals surface area contributed by atoms with Crippen molar-refractivity contribution in [2.24, 2.45) is 0 Å². The Bertz CT molecular complexity index is 758. The molecule has 2 aliphatic heterocycles. The molecule has 0 radical (unpaired) electrons. The van der Waals surface area contributed by atoms with Crippen molar-refractivity contribution in [3.63, 3.8) is 0 Å². The molecule has 0 unspecified atom stereocenters. The number of rotatable bonds is 9. The molecule has 10 heteroatoms. The van der Waals surface area contributed by atoms with E-state index < -0.39 is 34.4 Å². The summed E-state index contributed by atoms with van der Waals surface area (Å²) >= 11 is 0. The summed E-state index contributed by atoms with van der Waals surface area (Å²) in [6, 6.07) is 5.79. The average molecular weight is 431 g/mol. The van der Waals surface area contributed by atoms with Crippen molar-refractivity contribution in [1.29, 1.82) is 0 Å². The van der Waals surface area contributed by atoms with Gasteiger partial charge in [0.1, 0.15) is 18.0 Å². The van der Waals surface area contributed by atoms with Gasteiger partial charge in [-0.2, -0.15) is 0 Å². The van der Waals surface area contributed by atoms with Crippen molar-refractivity contribution in [3.05, 3.63) is 24.3 Å². The molecule has 0 aliphatic carbocycles. The molecule has 0 saturated carbocycles. The van der Waals surface area contributed by atoms with Crippen molar-refractivity contribution in [1.82, 2.24) is 9.62 Å². The zero-order valence-electron chi connectivity index (χ0n) is 16.7. The predicted octanol–water partition coefficient (Wildman–Crippen LogP) is -0.426. The second kappa shape index (κ2) is 9.69. The van der Waals surface area contributed by atoms with Gasteiger partial charge in [0.15, 0.2) is 0 Å². The van der Waals surface area contributed by atoms with Crippen LogP contribution < -0.4 is 9.46 Å². The Balaban J connectivity index is 1.73. The van der Waals surface area contributed by atoms with E-state index in [4.69, 9.17) is 14.2 Å². The number of hydrogen-bond donors (Lipinski definition) is 3. The molecule has 29 heavy (non-hydrogen) atoms. The normalized spacial score (nSPS) is 30.7. The molecule has 0 bridgehead atoms. The Morgan fingerprint density at radius 1 is 1.24 bits per heavy atom. The van der Waals surface area contributed by atoms with E-state index >= 15 is 0 Å². The standard InChI is InChI=1S/C19H30N2O7S/c1-26-12-13-4-3-9-21(13)18-16(28-17(11-22)19(18)23)10-20-29(24,25)15-7-5-14(27-2)6-8-15/h5-8,13,16-20,22-23H,3-4,9-12H2,1-2H3/t13-,16-,17+,18+,19-/m1/s1. The first kappa shape index (κ1) is 22.4. The van der Waals surface area contributed by atoms with Gasteiger partial charge in [-0.1, -0.05) is 0 Å². The van der Waals surface area contributed by atoms with Gasteiger partial charge in [-0.05, 0) is 43.7 Å².